The molecule has 1 aliphatic heterocycles. The fourth-order valence-corrected chi connectivity index (χ4v) is 3.38. The topological polar surface area (TPSA) is 64.2 Å². The van der Waals surface area contributed by atoms with Gasteiger partial charge in [-0.1, -0.05) is 20.8 Å². The van der Waals surface area contributed by atoms with Crippen LogP contribution in [0.15, 0.2) is 0 Å². The van der Waals surface area contributed by atoms with Crippen LogP contribution >= 0.6 is 0 Å². The maximum atomic E-state index is 12.8. The van der Waals surface area contributed by atoms with Crippen molar-refractivity contribution in [1.82, 2.24) is 14.7 Å². The van der Waals surface area contributed by atoms with Crippen LogP contribution in [0.5, 0.6) is 0 Å². The summed E-state index contributed by atoms with van der Waals surface area (Å²) in [7, 11) is 1.95. The van der Waals surface area contributed by atoms with Crippen LogP contribution in [0.2, 0.25) is 0 Å². The van der Waals surface area contributed by atoms with Gasteiger partial charge in [0.1, 0.15) is 0 Å². The van der Waals surface area contributed by atoms with Crippen LogP contribution < -0.4 is 5.73 Å². The first-order valence-electron chi connectivity index (χ1n) is 8.17. The lowest BCUT2D eigenvalue weighted by atomic mass is 9.79. The zero-order valence-electron chi connectivity index (χ0n) is 14.8. The molecular weight excluding hydrogens is 276 g/mol. The number of piperidine rings is 1. The third-order valence-electron chi connectivity index (χ3n) is 5.21. The number of likely N-dealkylation sites (tertiary alicyclic amines) is 1. The van der Waals surface area contributed by atoms with Gasteiger partial charge in [-0.25, -0.2) is 0 Å². The number of rotatable bonds is 3. The van der Waals surface area contributed by atoms with E-state index < -0.39 is 0 Å². The van der Waals surface area contributed by atoms with Gasteiger partial charge in [-0.05, 0) is 37.7 Å². The van der Waals surface area contributed by atoms with Crippen molar-refractivity contribution < 1.29 is 4.79 Å². The van der Waals surface area contributed by atoms with Crippen LogP contribution in [-0.2, 0) is 18.3 Å². The van der Waals surface area contributed by atoms with Crippen LogP contribution in [0, 0.1) is 25.2 Å². The summed E-state index contributed by atoms with van der Waals surface area (Å²) < 4.78 is 1.89. The summed E-state index contributed by atoms with van der Waals surface area (Å²) in [6, 6.07) is 0.176. The van der Waals surface area contributed by atoms with Gasteiger partial charge in [-0.2, -0.15) is 5.10 Å². The van der Waals surface area contributed by atoms with Crippen LogP contribution in [-0.4, -0.2) is 39.7 Å². The van der Waals surface area contributed by atoms with Crippen molar-refractivity contribution in [3.8, 4) is 0 Å². The zero-order chi connectivity index (χ0) is 16.7. The number of nitrogens with two attached hydrogens (primary N) is 1. The Morgan fingerprint density at radius 3 is 2.59 bits per heavy atom. The van der Waals surface area contributed by atoms with E-state index in [9.17, 15) is 4.79 Å². The van der Waals surface area contributed by atoms with Crippen molar-refractivity contribution in [2.45, 2.75) is 53.5 Å². The second-order valence-electron chi connectivity index (χ2n) is 7.52. The normalized spacial score (nSPS) is 22.7. The van der Waals surface area contributed by atoms with Crippen molar-refractivity contribution >= 4 is 5.91 Å². The highest BCUT2D eigenvalue weighted by Crippen LogP contribution is 2.29. The molecule has 0 aromatic carbocycles. The van der Waals surface area contributed by atoms with Crippen molar-refractivity contribution in [2.75, 3.05) is 13.1 Å². The van der Waals surface area contributed by atoms with Crippen LogP contribution in [0.1, 0.15) is 44.1 Å². The molecule has 124 valence electrons. The third kappa shape index (κ3) is 3.19. The summed E-state index contributed by atoms with van der Waals surface area (Å²) in [6.07, 6.45) is 1.64. The molecule has 2 unspecified atom stereocenters. The second-order valence-corrected chi connectivity index (χ2v) is 7.52. The van der Waals surface area contributed by atoms with Crippen molar-refractivity contribution in [1.29, 1.82) is 0 Å². The van der Waals surface area contributed by atoms with E-state index in [-0.39, 0.29) is 23.3 Å². The molecule has 22 heavy (non-hydrogen) atoms. The molecule has 0 bridgehead atoms. The number of aryl methyl sites for hydroxylation is 2. The fourth-order valence-electron chi connectivity index (χ4n) is 3.38. The molecule has 2 N–H and O–H groups in total. The Morgan fingerprint density at radius 2 is 2.09 bits per heavy atom. The molecule has 1 amide bonds. The standard InChI is InChI=1S/C17H30N4O/c1-11(9-14-12(2)19-20(6)13(14)3)16(22)21-8-7-15(18)17(4,5)10-21/h11,15H,7-10,18H2,1-6H3. The lowest BCUT2D eigenvalue weighted by Gasteiger charge is -2.43. The molecule has 5 heteroatoms. The number of aromatic nitrogens is 2. The lowest BCUT2D eigenvalue weighted by molar-refractivity contribution is -0.138. The molecule has 2 rings (SSSR count). The number of nitrogens with zero attached hydrogens (tertiary/aromatic N) is 3. The molecule has 1 saturated heterocycles. The molecule has 0 saturated carbocycles. The van der Waals surface area contributed by atoms with Gasteiger partial charge >= 0.3 is 0 Å². The summed E-state index contributed by atoms with van der Waals surface area (Å²) in [5, 5.41) is 4.44. The van der Waals surface area contributed by atoms with E-state index in [4.69, 9.17) is 5.73 Å². The monoisotopic (exact) mass is 306 g/mol. The quantitative estimate of drug-likeness (QED) is 0.926. The predicted molar refractivity (Wildman–Crippen MR) is 88.5 cm³/mol. The Kier molecular flexibility index (Phi) is 4.66. The minimum atomic E-state index is -0.0216. The van der Waals surface area contributed by atoms with Gasteiger partial charge < -0.3 is 10.6 Å². The lowest BCUT2D eigenvalue weighted by Crippen LogP contribution is -2.55. The molecule has 1 fully saturated rings. The Balaban J connectivity index is 2.06. The minimum Gasteiger partial charge on any atom is -0.342 e. The molecule has 1 aromatic rings. The van der Waals surface area contributed by atoms with Crippen LogP contribution in [0.4, 0.5) is 0 Å². The van der Waals surface area contributed by atoms with Crippen LogP contribution in [0.3, 0.4) is 0 Å². The SMILES string of the molecule is Cc1nn(C)c(C)c1CC(C)C(=O)N1CCC(N)C(C)(C)C1. The van der Waals surface area contributed by atoms with Gasteiger partial charge in [0.15, 0.2) is 0 Å². The maximum absolute atomic E-state index is 12.8. The van der Waals surface area contributed by atoms with E-state index in [2.05, 4.69) is 25.9 Å². The first kappa shape index (κ1) is 17.0. The van der Waals surface area contributed by atoms with E-state index in [0.29, 0.717) is 0 Å². The molecule has 1 aromatic heterocycles. The summed E-state index contributed by atoms with van der Waals surface area (Å²) in [5.41, 5.74) is 9.55. The molecule has 5 nitrogen and oxygen atoms in total. The van der Waals surface area contributed by atoms with Gasteiger partial charge in [0.2, 0.25) is 5.91 Å². The molecule has 0 radical (unpaired) electrons. The summed E-state index contributed by atoms with van der Waals surface area (Å²) >= 11 is 0. The van der Waals surface area contributed by atoms with Crippen LogP contribution in [0.25, 0.3) is 0 Å². The summed E-state index contributed by atoms with van der Waals surface area (Å²) in [4.78, 5) is 14.8. The Labute approximate surface area is 133 Å². The largest absolute Gasteiger partial charge is 0.342 e. The molecular formula is C17H30N4O. The number of carbonyl (C=O) groups excluding carboxylic acids is 1. The fraction of sp³-hybridized carbons (Fsp3) is 0.765. The van der Waals surface area contributed by atoms with Gasteiger partial charge in [0.25, 0.3) is 0 Å². The first-order chi connectivity index (χ1) is 10.1. The average molecular weight is 306 g/mol. The zero-order valence-corrected chi connectivity index (χ0v) is 14.8. The second kappa shape index (κ2) is 6.03. The summed E-state index contributed by atoms with van der Waals surface area (Å²) in [5.74, 6) is 0.217. The van der Waals surface area contributed by atoms with Gasteiger partial charge in [0.05, 0.1) is 5.69 Å². The highest BCUT2D eigenvalue weighted by atomic mass is 16.2. The van der Waals surface area contributed by atoms with E-state index in [1.165, 1.54) is 5.56 Å². The predicted octanol–water partition coefficient (Wildman–Crippen LogP) is 1.80. The van der Waals surface area contributed by atoms with Gasteiger partial charge in [0, 0.05) is 37.8 Å². The van der Waals surface area contributed by atoms with Crippen molar-refractivity contribution in [3.05, 3.63) is 17.0 Å². The van der Waals surface area contributed by atoms with E-state index in [1.807, 2.05) is 30.5 Å². The Morgan fingerprint density at radius 1 is 1.45 bits per heavy atom. The first-order valence-corrected chi connectivity index (χ1v) is 8.17. The van der Waals surface area contributed by atoms with E-state index in [0.717, 1.165) is 37.3 Å². The number of hydrogen-bond donors (Lipinski definition) is 1. The average Bonchev–Trinajstić information content (AvgIpc) is 2.67. The van der Waals surface area contributed by atoms with E-state index in [1.54, 1.807) is 0 Å². The molecule has 0 spiro atoms. The molecule has 2 atom stereocenters. The number of hydrogen-bond acceptors (Lipinski definition) is 3. The molecule has 1 aliphatic rings. The smallest absolute Gasteiger partial charge is 0.225 e. The third-order valence-corrected chi connectivity index (χ3v) is 5.21. The Bertz CT molecular complexity index is 561. The van der Waals surface area contributed by atoms with E-state index >= 15 is 0 Å². The van der Waals surface area contributed by atoms with Crippen molar-refractivity contribution in [3.63, 3.8) is 0 Å². The van der Waals surface area contributed by atoms with Gasteiger partial charge in [-0.15, -0.1) is 0 Å². The highest BCUT2D eigenvalue weighted by molar-refractivity contribution is 5.79. The Hall–Kier alpha value is -1.36. The minimum absolute atomic E-state index is 0.00618. The number of carbonyl (C=O) groups is 1. The van der Waals surface area contributed by atoms with Crippen molar-refractivity contribution in [2.24, 2.45) is 24.1 Å². The maximum Gasteiger partial charge on any atom is 0.225 e. The highest BCUT2D eigenvalue weighted by Gasteiger charge is 2.36. The molecule has 2 heterocycles. The number of amides is 1. The molecule has 0 aliphatic carbocycles. The van der Waals surface area contributed by atoms with Gasteiger partial charge in [-0.3, -0.25) is 9.48 Å². The summed E-state index contributed by atoms with van der Waals surface area (Å²) in [6.45, 7) is 11.9.